The molecule has 0 aliphatic carbocycles. The van der Waals surface area contributed by atoms with Crippen molar-refractivity contribution in [1.29, 1.82) is 0 Å². The molecule has 124 valence electrons. The molecule has 3 rings (SSSR count). The number of halogens is 1. The van der Waals surface area contributed by atoms with Crippen LogP contribution in [-0.2, 0) is 0 Å². The lowest BCUT2D eigenvalue weighted by Gasteiger charge is -2.42. The third-order valence-corrected chi connectivity index (χ3v) is 3.98. The molecule has 1 aromatic heterocycles. The van der Waals surface area contributed by atoms with E-state index in [0.717, 1.165) is 0 Å². The van der Waals surface area contributed by atoms with Gasteiger partial charge in [-0.3, -0.25) is 0 Å². The van der Waals surface area contributed by atoms with E-state index in [2.05, 4.69) is 20.9 Å². The molecule has 1 aromatic carbocycles. The van der Waals surface area contributed by atoms with Crippen molar-refractivity contribution < 1.29 is 19.3 Å². The summed E-state index contributed by atoms with van der Waals surface area (Å²) in [4.78, 5) is 12.0. The summed E-state index contributed by atoms with van der Waals surface area (Å²) in [6, 6.07) is 2.29. The molecular weight excluding hydrogens is 324 g/mol. The highest BCUT2D eigenvalue weighted by Gasteiger charge is 2.44. The number of rotatable bonds is 3. The number of ether oxygens (including phenoxy) is 1. The Labute approximate surface area is 137 Å². The van der Waals surface area contributed by atoms with Crippen LogP contribution in [0.2, 0.25) is 0 Å². The van der Waals surface area contributed by atoms with Crippen molar-refractivity contribution in [1.82, 2.24) is 20.9 Å². The van der Waals surface area contributed by atoms with E-state index in [-0.39, 0.29) is 0 Å². The van der Waals surface area contributed by atoms with Crippen LogP contribution in [0.3, 0.4) is 0 Å². The second-order valence-electron chi connectivity index (χ2n) is 5.86. The minimum Gasteiger partial charge on any atom is -0.485 e. The average Bonchev–Trinajstić information content (AvgIpc) is 2.95. The molecule has 0 spiro atoms. The number of hydrogen-bond donors (Lipinski definition) is 3. The van der Waals surface area contributed by atoms with Crippen LogP contribution in [0.25, 0.3) is 11.0 Å². The lowest BCUT2D eigenvalue weighted by Crippen LogP contribution is -2.54. The SMILES string of the molecule is CC1(C)Oc2cc3nonc3cc2C(NC(=O)NCCCl)C1O. The number of hydrogen-bond acceptors (Lipinski definition) is 6. The normalized spacial score (nSPS) is 22.3. The molecule has 3 N–H and O–H groups in total. The maximum absolute atomic E-state index is 12.0. The van der Waals surface area contributed by atoms with Gasteiger partial charge in [0, 0.05) is 24.1 Å². The fourth-order valence-electron chi connectivity index (χ4n) is 2.58. The summed E-state index contributed by atoms with van der Waals surface area (Å²) in [6.07, 6.45) is -0.950. The zero-order chi connectivity index (χ0) is 16.6. The Bertz CT molecular complexity index is 733. The molecule has 2 unspecified atom stereocenters. The molecular formula is C14H17ClN4O4. The summed E-state index contributed by atoms with van der Waals surface area (Å²) in [5.41, 5.74) is 0.789. The van der Waals surface area contributed by atoms with Crippen molar-refractivity contribution >= 4 is 28.7 Å². The van der Waals surface area contributed by atoms with E-state index < -0.39 is 23.8 Å². The third kappa shape index (κ3) is 2.91. The Hall–Kier alpha value is -2.06. The average molecular weight is 341 g/mol. The number of benzene rings is 1. The topological polar surface area (TPSA) is 110 Å². The second-order valence-corrected chi connectivity index (χ2v) is 6.24. The summed E-state index contributed by atoms with van der Waals surface area (Å²) in [5.74, 6) is 0.822. The van der Waals surface area contributed by atoms with Gasteiger partial charge >= 0.3 is 6.03 Å². The van der Waals surface area contributed by atoms with Crippen molar-refractivity contribution in [2.75, 3.05) is 12.4 Å². The van der Waals surface area contributed by atoms with Gasteiger partial charge in [0.1, 0.15) is 28.5 Å². The van der Waals surface area contributed by atoms with E-state index in [1.54, 1.807) is 26.0 Å². The van der Waals surface area contributed by atoms with Crippen molar-refractivity contribution in [2.45, 2.75) is 31.6 Å². The van der Waals surface area contributed by atoms with Crippen LogP contribution < -0.4 is 15.4 Å². The number of carbonyl (C=O) groups excluding carboxylic acids is 1. The van der Waals surface area contributed by atoms with Crippen molar-refractivity contribution in [2.24, 2.45) is 0 Å². The van der Waals surface area contributed by atoms with Crippen molar-refractivity contribution in [3.8, 4) is 5.75 Å². The first-order valence-corrected chi connectivity index (χ1v) is 7.69. The Kier molecular flexibility index (Phi) is 4.03. The third-order valence-electron chi connectivity index (χ3n) is 3.79. The fraction of sp³-hybridized carbons (Fsp3) is 0.500. The molecule has 0 bridgehead atoms. The highest BCUT2D eigenvalue weighted by molar-refractivity contribution is 6.18. The second kappa shape index (κ2) is 5.86. The van der Waals surface area contributed by atoms with Crippen LogP contribution >= 0.6 is 11.6 Å². The number of carbonyl (C=O) groups is 1. The van der Waals surface area contributed by atoms with E-state index >= 15 is 0 Å². The first kappa shape index (κ1) is 15.8. The number of nitrogens with one attached hydrogen (secondary N) is 2. The van der Waals surface area contributed by atoms with Gasteiger partial charge in [0.05, 0.1) is 6.04 Å². The van der Waals surface area contributed by atoms with Crippen LogP contribution in [0.5, 0.6) is 5.75 Å². The lowest BCUT2D eigenvalue weighted by molar-refractivity contribution is -0.0619. The van der Waals surface area contributed by atoms with Gasteiger partial charge in [-0.25, -0.2) is 9.42 Å². The van der Waals surface area contributed by atoms with Crippen LogP contribution in [0.15, 0.2) is 16.8 Å². The number of amides is 2. The van der Waals surface area contributed by atoms with Gasteiger partial charge < -0.3 is 20.5 Å². The molecule has 23 heavy (non-hydrogen) atoms. The van der Waals surface area contributed by atoms with Gasteiger partial charge in [-0.05, 0) is 30.2 Å². The highest BCUT2D eigenvalue weighted by atomic mass is 35.5. The summed E-state index contributed by atoms with van der Waals surface area (Å²) in [6.45, 7) is 3.82. The maximum atomic E-state index is 12.0. The number of aliphatic hydroxyl groups excluding tert-OH is 1. The Morgan fingerprint density at radius 2 is 2.09 bits per heavy atom. The maximum Gasteiger partial charge on any atom is 0.315 e. The lowest BCUT2D eigenvalue weighted by atomic mass is 9.86. The molecule has 8 nitrogen and oxygen atoms in total. The van der Waals surface area contributed by atoms with Gasteiger partial charge in [-0.2, -0.15) is 0 Å². The quantitative estimate of drug-likeness (QED) is 0.727. The molecule has 0 fully saturated rings. The van der Waals surface area contributed by atoms with Crippen LogP contribution in [0.4, 0.5) is 4.79 Å². The predicted molar refractivity (Wildman–Crippen MR) is 82.5 cm³/mol. The fourth-order valence-corrected chi connectivity index (χ4v) is 2.68. The summed E-state index contributed by atoms with van der Waals surface area (Å²) < 4.78 is 10.5. The smallest absolute Gasteiger partial charge is 0.315 e. The van der Waals surface area contributed by atoms with Crippen molar-refractivity contribution in [3.63, 3.8) is 0 Å². The number of alkyl halides is 1. The van der Waals surface area contributed by atoms with Crippen LogP contribution in [0, 0.1) is 0 Å². The number of aliphatic hydroxyl groups is 1. The molecule has 0 radical (unpaired) electrons. The number of fused-ring (bicyclic) bond motifs is 2. The van der Waals surface area contributed by atoms with Gasteiger partial charge in [0.25, 0.3) is 0 Å². The zero-order valence-electron chi connectivity index (χ0n) is 12.7. The predicted octanol–water partition coefficient (Wildman–Crippen LogP) is 1.33. The Balaban J connectivity index is 1.98. The molecule has 1 aliphatic heterocycles. The van der Waals surface area contributed by atoms with E-state index in [1.165, 1.54) is 0 Å². The molecule has 0 saturated carbocycles. The van der Waals surface area contributed by atoms with Crippen molar-refractivity contribution in [3.05, 3.63) is 17.7 Å². The number of urea groups is 1. The van der Waals surface area contributed by atoms with E-state index in [9.17, 15) is 9.90 Å². The first-order chi connectivity index (χ1) is 10.9. The number of nitrogens with zero attached hydrogens (tertiary/aromatic N) is 2. The Morgan fingerprint density at radius 3 is 2.78 bits per heavy atom. The molecule has 9 heteroatoms. The molecule has 0 saturated heterocycles. The monoisotopic (exact) mass is 340 g/mol. The van der Waals surface area contributed by atoms with E-state index in [4.69, 9.17) is 21.0 Å². The molecule has 2 heterocycles. The van der Waals surface area contributed by atoms with Crippen LogP contribution in [-0.4, -0.2) is 45.6 Å². The van der Waals surface area contributed by atoms with Gasteiger partial charge in [0.15, 0.2) is 0 Å². The molecule has 1 aliphatic rings. The standard InChI is InChI=1S/C14H17ClN4O4/c1-14(2)12(20)11(17-13(21)16-4-3-15)7-5-8-9(19-23-18-8)6-10(7)22-14/h5-6,11-12,20H,3-4H2,1-2H3,(H2,16,17,21). The largest absolute Gasteiger partial charge is 0.485 e. The summed E-state index contributed by atoms with van der Waals surface area (Å²) >= 11 is 5.56. The van der Waals surface area contributed by atoms with Gasteiger partial charge in [0.2, 0.25) is 0 Å². The number of aromatic nitrogens is 2. The van der Waals surface area contributed by atoms with E-state index in [0.29, 0.717) is 34.8 Å². The Morgan fingerprint density at radius 1 is 1.39 bits per heavy atom. The minimum atomic E-state index is -0.950. The van der Waals surface area contributed by atoms with Gasteiger partial charge in [-0.1, -0.05) is 0 Å². The minimum absolute atomic E-state index is 0.303. The highest BCUT2D eigenvalue weighted by Crippen LogP contribution is 2.41. The zero-order valence-corrected chi connectivity index (χ0v) is 13.4. The summed E-state index contributed by atoms with van der Waals surface area (Å²) in [5, 5.41) is 23.5. The molecule has 2 atom stereocenters. The van der Waals surface area contributed by atoms with Crippen LogP contribution in [0.1, 0.15) is 25.5 Å². The first-order valence-electron chi connectivity index (χ1n) is 7.16. The molecule has 2 aromatic rings. The summed E-state index contributed by atoms with van der Waals surface area (Å²) in [7, 11) is 0. The molecule has 2 amide bonds. The van der Waals surface area contributed by atoms with E-state index in [1.807, 2.05) is 0 Å². The van der Waals surface area contributed by atoms with Gasteiger partial charge in [-0.15, -0.1) is 11.6 Å².